The van der Waals surface area contributed by atoms with Crippen molar-refractivity contribution < 1.29 is 19.2 Å². The molecular formula is C17H20N2O4. The van der Waals surface area contributed by atoms with Crippen LogP contribution in [0.5, 0.6) is 5.75 Å². The van der Waals surface area contributed by atoms with Crippen molar-refractivity contribution in [2.45, 2.75) is 25.4 Å². The van der Waals surface area contributed by atoms with Gasteiger partial charge in [-0.05, 0) is 43.5 Å². The van der Waals surface area contributed by atoms with Gasteiger partial charge in [-0.1, -0.05) is 17.3 Å². The number of hydrogen-bond donors (Lipinski definition) is 1. The molecule has 1 N–H and O–H groups in total. The first kappa shape index (κ1) is 15.6. The van der Waals surface area contributed by atoms with E-state index in [1.54, 1.807) is 30.1 Å². The van der Waals surface area contributed by atoms with E-state index in [9.17, 15) is 9.90 Å². The van der Waals surface area contributed by atoms with E-state index in [-0.39, 0.29) is 0 Å². The summed E-state index contributed by atoms with van der Waals surface area (Å²) in [6, 6.07) is 8.25. The second-order valence-corrected chi connectivity index (χ2v) is 5.97. The molecule has 2 aromatic rings. The van der Waals surface area contributed by atoms with Crippen LogP contribution in [0.1, 0.15) is 30.1 Å². The highest BCUT2D eigenvalue weighted by Gasteiger charge is 2.26. The van der Waals surface area contributed by atoms with Crippen LogP contribution in [0.15, 0.2) is 41.1 Å². The summed E-state index contributed by atoms with van der Waals surface area (Å²) < 4.78 is 10.5. The van der Waals surface area contributed by atoms with Crippen molar-refractivity contribution in [3.05, 3.63) is 47.9 Å². The Hall–Kier alpha value is -2.34. The first-order chi connectivity index (χ1) is 11.1. The average molecular weight is 316 g/mol. The molecule has 122 valence electrons. The molecule has 0 spiro atoms. The van der Waals surface area contributed by atoms with Crippen LogP contribution in [-0.2, 0) is 11.3 Å². The molecule has 6 nitrogen and oxygen atoms in total. The monoisotopic (exact) mass is 316 g/mol. The summed E-state index contributed by atoms with van der Waals surface area (Å²) in [6.07, 6.45) is 3.96. The van der Waals surface area contributed by atoms with E-state index in [1.165, 1.54) is 19.1 Å². The molecular weight excluding hydrogens is 296 g/mol. The zero-order valence-electron chi connectivity index (χ0n) is 13.0. The molecule has 0 radical (unpaired) electrons. The van der Waals surface area contributed by atoms with Crippen LogP contribution in [0.25, 0.3) is 0 Å². The van der Waals surface area contributed by atoms with Crippen LogP contribution in [-0.4, -0.2) is 34.8 Å². The number of carbonyl (C=O) groups is 1. The molecule has 0 aliphatic heterocycles. The Morgan fingerprint density at radius 3 is 2.70 bits per heavy atom. The SMILES string of the molecule is CN(Cc1ccon1)[C@H](C(=O)O)c1ccc(OCC2CC2)cc1. The third-order valence-electron chi connectivity index (χ3n) is 3.96. The average Bonchev–Trinajstić information content (AvgIpc) is 3.22. The molecule has 1 aliphatic carbocycles. The van der Waals surface area contributed by atoms with Crippen LogP contribution in [0.4, 0.5) is 0 Å². The summed E-state index contributed by atoms with van der Waals surface area (Å²) in [6.45, 7) is 1.14. The molecule has 0 bridgehead atoms. The van der Waals surface area contributed by atoms with Crippen molar-refractivity contribution in [2.75, 3.05) is 13.7 Å². The maximum Gasteiger partial charge on any atom is 0.325 e. The molecule has 0 amide bonds. The fraction of sp³-hybridized carbons (Fsp3) is 0.412. The van der Waals surface area contributed by atoms with E-state index in [0.29, 0.717) is 23.7 Å². The van der Waals surface area contributed by atoms with Crippen molar-refractivity contribution in [1.29, 1.82) is 0 Å². The summed E-state index contributed by atoms with van der Waals surface area (Å²) in [5.74, 6) is 0.571. The Labute approximate surface area is 134 Å². The van der Waals surface area contributed by atoms with Gasteiger partial charge in [0.1, 0.15) is 18.1 Å². The molecule has 23 heavy (non-hydrogen) atoms. The highest BCUT2D eigenvalue weighted by molar-refractivity contribution is 5.75. The van der Waals surface area contributed by atoms with E-state index in [0.717, 1.165) is 12.4 Å². The minimum Gasteiger partial charge on any atom is -0.493 e. The number of rotatable bonds is 8. The van der Waals surface area contributed by atoms with Gasteiger partial charge in [-0.15, -0.1) is 0 Å². The van der Waals surface area contributed by atoms with Gasteiger partial charge in [-0.3, -0.25) is 9.69 Å². The standard InChI is InChI=1S/C17H20N2O4/c1-19(10-14-8-9-23-18-14)16(17(20)21)13-4-6-15(7-5-13)22-11-12-2-3-12/h4-9,12,16H,2-3,10-11H2,1H3,(H,20,21)/t16-/m0/s1. The van der Waals surface area contributed by atoms with Gasteiger partial charge in [0.2, 0.25) is 0 Å². The largest absolute Gasteiger partial charge is 0.493 e. The number of ether oxygens (including phenoxy) is 1. The summed E-state index contributed by atoms with van der Waals surface area (Å²) in [5, 5.41) is 13.4. The van der Waals surface area contributed by atoms with Crippen LogP contribution < -0.4 is 4.74 Å². The molecule has 1 aromatic carbocycles. The highest BCUT2D eigenvalue weighted by Crippen LogP contribution is 2.30. The predicted molar refractivity (Wildman–Crippen MR) is 83.0 cm³/mol. The maximum absolute atomic E-state index is 11.7. The highest BCUT2D eigenvalue weighted by atomic mass is 16.5. The van der Waals surface area contributed by atoms with Crippen molar-refractivity contribution in [1.82, 2.24) is 10.1 Å². The second kappa shape index (κ2) is 6.83. The van der Waals surface area contributed by atoms with Crippen LogP contribution in [0, 0.1) is 5.92 Å². The first-order valence-corrected chi connectivity index (χ1v) is 7.68. The lowest BCUT2D eigenvalue weighted by Gasteiger charge is -2.24. The van der Waals surface area contributed by atoms with E-state index in [1.807, 2.05) is 12.1 Å². The number of carboxylic acid groups (broad SMARTS) is 1. The van der Waals surface area contributed by atoms with E-state index < -0.39 is 12.0 Å². The minimum absolute atomic E-state index is 0.396. The second-order valence-electron chi connectivity index (χ2n) is 5.97. The Kier molecular flexibility index (Phi) is 4.62. The van der Waals surface area contributed by atoms with E-state index in [4.69, 9.17) is 9.26 Å². The van der Waals surface area contributed by atoms with Gasteiger partial charge in [-0.25, -0.2) is 0 Å². The first-order valence-electron chi connectivity index (χ1n) is 7.68. The van der Waals surface area contributed by atoms with Gasteiger partial charge in [0.25, 0.3) is 0 Å². The van der Waals surface area contributed by atoms with Crippen LogP contribution >= 0.6 is 0 Å². The lowest BCUT2D eigenvalue weighted by atomic mass is 10.1. The summed E-state index contributed by atoms with van der Waals surface area (Å²) >= 11 is 0. The third-order valence-corrected chi connectivity index (χ3v) is 3.96. The number of nitrogens with zero attached hydrogens (tertiary/aromatic N) is 2. The summed E-state index contributed by atoms with van der Waals surface area (Å²) in [4.78, 5) is 13.4. The van der Waals surface area contributed by atoms with Crippen molar-refractivity contribution in [3.8, 4) is 5.75 Å². The maximum atomic E-state index is 11.7. The fourth-order valence-corrected chi connectivity index (χ4v) is 2.50. The number of hydrogen-bond acceptors (Lipinski definition) is 5. The topological polar surface area (TPSA) is 75.8 Å². The van der Waals surface area contributed by atoms with Crippen molar-refractivity contribution in [3.63, 3.8) is 0 Å². The number of benzene rings is 1. The lowest BCUT2D eigenvalue weighted by molar-refractivity contribution is -0.143. The molecule has 1 heterocycles. The predicted octanol–water partition coefficient (Wildman–Crippen LogP) is 2.72. The number of aliphatic carboxylic acids is 1. The molecule has 1 fully saturated rings. The van der Waals surface area contributed by atoms with Crippen molar-refractivity contribution >= 4 is 5.97 Å². The number of aromatic nitrogens is 1. The molecule has 3 rings (SSSR count). The van der Waals surface area contributed by atoms with Crippen LogP contribution in [0.3, 0.4) is 0 Å². The lowest BCUT2D eigenvalue weighted by Crippen LogP contribution is -2.30. The smallest absolute Gasteiger partial charge is 0.325 e. The molecule has 1 aromatic heterocycles. The molecule has 1 aliphatic rings. The quantitative estimate of drug-likeness (QED) is 0.807. The van der Waals surface area contributed by atoms with Gasteiger partial charge in [-0.2, -0.15) is 0 Å². The molecule has 0 unspecified atom stereocenters. The number of likely N-dealkylation sites (N-methyl/N-ethyl adjacent to an activating group) is 1. The minimum atomic E-state index is -0.900. The van der Waals surface area contributed by atoms with Gasteiger partial charge >= 0.3 is 5.97 Å². The zero-order chi connectivity index (χ0) is 16.2. The Morgan fingerprint density at radius 2 is 2.13 bits per heavy atom. The molecule has 1 saturated carbocycles. The molecule has 0 saturated heterocycles. The Bertz CT molecular complexity index is 635. The van der Waals surface area contributed by atoms with E-state index in [2.05, 4.69) is 5.16 Å². The Morgan fingerprint density at radius 1 is 1.39 bits per heavy atom. The zero-order valence-corrected chi connectivity index (χ0v) is 13.0. The summed E-state index contributed by atoms with van der Waals surface area (Å²) in [5.41, 5.74) is 1.41. The van der Waals surface area contributed by atoms with Crippen LogP contribution in [0.2, 0.25) is 0 Å². The third kappa shape index (κ3) is 4.10. The summed E-state index contributed by atoms with van der Waals surface area (Å²) in [7, 11) is 1.75. The normalized spacial score (nSPS) is 15.6. The fourth-order valence-electron chi connectivity index (χ4n) is 2.50. The van der Waals surface area contributed by atoms with Gasteiger partial charge in [0.15, 0.2) is 0 Å². The van der Waals surface area contributed by atoms with Gasteiger partial charge in [0.05, 0.1) is 12.3 Å². The van der Waals surface area contributed by atoms with E-state index >= 15 is 0 Å². The van der Waals surface area contributed by atoms with Gasteiger partial charge in [0, 0.05) is 12.6 Å². The number of carboxylic acids is 1. The molecule has 1 atom stereocenters. The van der Waals surface area contributed by atoms with Gasteiger partial charge < -0.3 is 14.4 Å². The molecule has 6 heteroatoms. The Balaban J connectivity index is 1.67. The van der Waals surface area contributed by atoms with Crippen molar-refractivity contribution in [2.24, 2.45) is 5.92 Å².